The second kappa shape index (κ2) is 6.59. The van der Waals surface area contributed by atoms with Crippen LogP contribution in [-0.2, 0) is 9.59 Å². The largest absolute Gasteiger partial charge is 0.369 e. The van der Waals surface area contributed by atoms with Gasteiger partial charge in [0.1, 0.15) is 0 Å². The highest BCUT2D eigenvalue weighted by molar-refractivity contribution is 5.80. The zero-order valence-electron chi connectivity index (χ0n) is 10.7. The molecule has 1 rings (SSSR count). The lowest BCUT2D eigenvalue weighted by atomic mass is 9.96. The van der Waals surface area contributed by atoms with Crippen LogP contribution in [0.3, 0.4) is 0 Å². The predicted octanol–water partition coefficient (Wildman–Crippen LogP) is 0.0984. The van der Waals surface area contributed by atoms with Gasteiger partial charge in [0.25, 0.3) is 0 Å². The van der Waals surface area contributed by atoms with E-state index in [0.717, 1.165) is 6.42 Å². The lowest BCUT2D eigenvalue weighted by Crippen LogP contribution is -2.46. The minimum Gasteiger partial charge on any atom is -0.369 e. The standard InChI is InChI=1S/C12H23N3O2/c1-3-9(2)14-8-11(16)15-6-4-10(5-7-15)12(13)17/h9-10,14H,3-8H2,1-2H3,(H2,13,17). The Morgan fingerprint density at radius 3 is 2.47 bits per heavy atom. The molecule has 17 heavy (non-hydrogen) atoms. The number of hydrogen-bond donors (Lipinski definition) is 2. The average Bonchev–Trinajstić information content (AvgIpc) is 2.35. The molecule has 0 aromatic rings. The van der Waals surface area contributed by atoms with Crippen molar-refractivity contribution in [2.75, 3.05) is 19.6 Å². The van der Waals surface area contributed by atoms with E-state index in [9.17, 15) is 9.59 Å². The highest BCUT2D eigenvalue weighted by Gasteiger charge is 2.25. The van der Waals surface area contributed by atoms with Gasteiger partial charge in [-0.25, -0.2) is 0 Å². The zero-order chi connectivity index (χ0) is 12.8. The molecule has 0 aromatic heterocycles. The van der Waals surface area contributed by atoms with Gasteiger partial charge in [-0.2, -0.15) is 0 Å². The van der Waals surface area contributed by atoms with Gasteiger partial charge in [-0.1, -0.05) is 6.92 Å². The lowest BCUT2D eigenvalue weighted by Gasteiger charge is -2.31. The molecule has 1 unspecified atom stereocenters. The van der Waals surface area contributed by atoms with E-state index in [2.05, 4.69) is 19.2 Å². The third-order valence-corrected chi connectivity index (χ3v) is 3.46. The Bertz CT molecular complexity index is 273. The molecule has 5 nitrogen and oxygen atoms in total. The van der Waals surface area contributed by atoms with Crippen LogP contribution in [0.5, 0.6) is 0 Å². The molecular weight excluding hydrogens is 218 g/mol. The van der Waals surface area contributed by atoms with E-state index in [1.165, 1.54) is 0 Å². The van der Waals surface area contributed by atoms with Gasteiger partial charge in [-0.05, 0) is 26.2 Å². The maximum absolute atomic E-state index is 11.8. The number of primary amides is 1. The van der Waals surface area contributed by atoms with Gasteiger partial charge in [0, 0.05) is 25.0 Å². The summed E-state index contributed by atoms with van der Waals surface area (Å²) in [4.78, 5) is 24.6. The van der Waals surface area contributed by atoms with E-state index in [1.807, 2.05) is 4.90 Å². The van der Waals surface area contributed by atoms with Crippen molar-refractivity contribution in [3.05, 3.63) is 0 Å². The Hall–Kier alpha value is -1.10. The minimum atomic E-state index is -0.241. The first-order valence-electron chi connectivity index (χ1n) is 6.35. The van der Waals surface area contributed by atoms with Crippen LogP contribution >= 0.6 is 0 Å². The van der Waals surface area contributed by atoms with E-state index < -0.39 is 0 Å². The minimum absolute atomic E-state index is 0.0541. The molecule has 0 bridgehead atoms. The molecule has 5 heteroatoms. The molecular formula is C12H23N3O2. The predicted molar refractivity (Wildman–Crippen MR) is 66.3 cm³/mol. The van der Waals surface area contributed by atoms with E-state index in [4.69, 9.17) is 5.73 Å². The first-order valence-corrected chi connectivity index (χ1v) is 6.35. The molecule has 0 spiro atoms. The second-order valence-corrected chi connectivity index (χ2v) is 4.75. The number of carbonyl (C=O) groups excluding carboxylic acids is 2. The molecule has 0 radical (unpaired) electrons. The summed E-state index contributed by atoms with van der Waals surface area (Å²) in [5.74, 6) is -0.176. The van der Waals surface area contributed by atoms with Gasteiger partial charge in [-0.3, -0.25) is 9.59 Å². The van der Waals surface area contributed by atoms with E-state index in [0.29, 0.717) is 38.5 Å². The molecule has 2 amide bonds. The van der Waals surface area contributed by atoms with Gasteiger partial charge >= 0.3 is 0 Å². The molecule has 98 valence electrons. The summed E-state index contributed by atoms with van der Waals surface area (Å²) in [7, 11) is 0. The zero-order valence-corrected chi connectivity index (χ0v) is 10.7. The second-order valence-electron chi connectivity index (χ2n) is 4.75. The summed E-state index contributed by atoms with van der Waals surface area (Å²) in [5, 5.41) is 3.18. The Morgan fingerprint density at radius 2 is 2.00 bits per heavy atom. The fourth-order valence-corrected chi connectivity index (χ4v) is 1.93. The third-order valence-electron chi connectivity index (χ3n) is 3.46. The number of nitrogens with two attached hydrogens (primary N) is 1. The molecule has 1 saturated heterocycles. The maximum Gasteiger partial charge on any atom is 0.236 e. The van der Waals surface area contributed by atoms with E-state index in [-0.39, 0.29) is 17.7 Å². The van der Waals surface area contributed by atoms with Crippen LogP contribution in [0.15, 0.2) is 0 Å². The number of carbonyl (C=O) groups is 2. The van der Waals surface area contributed by atoms with Gasteiger partial charge in [0.05, 0.1) is 6.54 Å². The van der Waals surface area contributed by atoms with Crippen molar-refractivity contribution in [2.45, 2.75) is 39.2 Å². The molecule has 0 saturated carbocycles. The number of amides is 2. The fourth-order valence-electron chi connectivity index (χ4n) is 1.93. The van der Waals surface area contributed by atoms with Crippen molar-refractivity contribution in [3.8, 4) is 0 Å². The quantitative estimate of drug-likeness (QED) is 0.716. The molecule has 1 atom stereocenters. The van der Waals surface area contributed by atoms with Crippen LogP contribution in [0.1, 0.15) is 33.1 Å². The Kier molecular flexibility index (Phi) is 5.41. The van der Waals surface area contributed by atoms with Gasteiger partial charge in [-0.15, -0.1) is 0 Å². The Balaban J connectivity index is 2.28. The van der Waals surface area contributed by atoms with Crippen LogP contribution in [-0.4, -0.2) is 42.4 Å². The first-order chi connectivity index (χ1) is 8.04. The summed E-state index contributed by atoms with van der Waals surface area (Å²) in [6, 6.07) is 0.363. The topological polar surface area (TPSA) is 75.4 Å². The molecule has 3 N–H and O–H groups in total. The van der Waals surface area contributed by atoms with Crippen molar-refractivity contribution in [3.63, 3.8) is 0 Å². The third kappa shape index (κ3) is 4.34. The molecule has 0 aromatic carbocycles. The number of nitrogens with zero attached hydrogens (tertiary/aromatic N) is 1. The van der Waals surface area contributed by atoms with Crippen LogP contribution in [0.4, 0.5) is 0 Å². The van der Waals surface area contributed by atoms with Crippen LogP contribution in [0.2, 0.25) is 0 Å². The summed E-state index contributed by atoms with van der Waals surface area (Å²) in [6.45, 7) is 5.83. The Morgan fingerprint density at radius 1 is 1.41 bits per heavy atom. The molecule has 1 heterocycles. The number of piperidine rings is 1. The SMILES string of the molecule is CCC(C)NCC(=O)N1CCC(C(N)=O)CC1. The average molecular weight is 241 g/mol. The first kappa shape index (κ1) is 14.0. The summed E-state index contributed by atoms with van der Waals surface area (Å²) in [5.41, 5.74) is 5.25. The lowest BCUT2D eigenvalue weighted by molar-refractivity contribution is -0.134. The number of rotatable bonds is 5. The molecule has 1 aliphatic rings. The maximum atomic E-state index is 11.8. The van der Waals surface area contributed by atoms with Crippen LogP contribution in [0.25, 0.3) is 0 Å². The normalized spacial score (nSPS) is 19.1. The number of nitrogens with one attached hydrogen (secondary N) is 1. The van der Waals surface area contributed by atoms with Crippen LogP contribution < -0.4 is 11.1 Å². The van der Waals surface area contributed by atoms with Gasteiger partial charge < -0.3 is 16.0 Å². The number of hydrogen-bond acceptors (Lipinski definition) is 3. The van der Waals surface area contributed by atoms with E-state index in [1.54, 1.807) is 0 Å². The summed E-state index contributed by atoms with van der Waals surface area (Å²) < 4.78 is 0. The fraction of sp³-hybridized carbons (Fsp3) is 0.833. The van der Waals surface area contributed by atoms with Crippen LogP contribution in [0, 0.1) is 5.92 Å². The number of likely N-dealkylation sites (tertiary alicyclic amines) is 1. The Labute approximate surface area is 103 Å². The summed E-state index contributed by atoms with van der Waals surface area (Å²) in [6.07, 6.45) is 2.41. The summed E-state index contributed by atoms with van der Waals surface area (Å²) >= 11 is 0. The smallest absolute Gasteiger partial charge is 0.236 e. The van der Waals surface area contributed by atoms with Crippen molar-refractivity contribution in [2.24, 2.45) is 11.7 Å². The van der Waals surface area contributed by atoms with Gasteiger partial charge in [0.15, 0.2) is 0 Å². The van der Waals surface area contributed by atoms with Crippen molar-refractivity contribution in [1.29, 1.82) is 0 Å². The van der Waals surface area contributed by atoms with Gasteiger partial charge in [0.2, 0.25) is 11.8 Å². The highest BCUT2D eigenvalue weighted by atomic mass is 16.2. The van der Waals surface area contributed by atoms with E-state index >= 15 is 0 Å². The molecule has 0 aliphatic carbocycles. The van der Waals surface area contributed by atoms with Crippen molar-refractivity contribution in [1.82, 2.24) is 10.2 Å². The highest BCUT2D eigenvalue weighted by Crippen LogP contribution is 2.16. The van der Waals surface area contributed by atoms with Crippen molar-refractivity contribution >= 4 is 11.8 Å². The van der Waals surface area contributed by atoms with Crippen molar-refractivity contribution < 1.29 is 9.59 Å². The molecule has 1 fully saturated rings. The molecule has 1 aliphatic heterocycles. The monoisotopic (exact) mass is 241 g/mol.